The number of hydrogen-bond acceptors (Lipinski definition) is 3. The second kappa shape index (κ2) is 8.73. The van der Waals surface area contributed by atoms with Crippen LogP contribution < -0.4 is 10.1 Å². The number of nitrogens with one attached hydrogen (secondary N) is 1. The fraction of sp³-hybridized carbons (Fsp3) is 0.409. The second-order valence-corrected chi connectivity index (χ2v) is 8.54. The topological polar surface area (TPSA) is 41.6 Å². The number of nitrogens with zero attached hydrogens (tertiary/aromatic N) is 1. The third-order valence-electron chi connectivity index (χ3n) is 5.69. The van der Waals surface area contributed by atoms with Crippen LogP contribution in [0.2, 0.25) is 10.0 Å². The van der Waals surface area contributed by atoms with Gasteiger partial charge in [0.05, 0.1) is 0 Å². The Morgan fingerprint density at radius 1 is 1.04 bits per heavy atom. The molecule has 2 heterocycles. The number of hydrogen-bond donors (Lipinski definition) is 1. The Kier molecular flexibility index (Phi) is 6.10. The van der Waals surface area contributed by atoms with Crippen molar-refractivity contribution in [2.45, 2.75) is 50.4 Å². The summed E-state index contributed by atoms with van der Waals surface area (Å²) in [6, 6.07) is 16.5. The first-order chi connectivity index (χ1) is 13.6. The van der Waals surface area contributed by atoms with E-state index < -0.39 is 0 Å². The summed E-state index contributed by atoms with van der Waals surface area (Å²) in [5.41, 5.74) is 1.29. The van der Waals surface area contributed by atoms with Gasteiger partial charge in [0.2, 0.25) is 0 Å². The van der Waals surface area contributed by atoms with Gasteiger partial charge in [0.15, 0.2) is 6.61 Å². The van der Waals surface area contributed by atoms with Gasteiger partial charge in [0.1, 0.15) is 5.75 Å². The number of rotatable bonds is 6. The summed E-state index contributed by atoms with van der Waals surface area (Å²) in [5, 5.41) is 4.53. The molecule has 6 heteroatoms. The van der Waals surface area contributed by atoms with Crippen LogP contribution in [-0.4, -0.2) is 35.5 Å². The average molecular weight is 419 g/mol. The highest BCUT2D eigenvalue weighted by molar-refractivity contribution is 6.30. The summed E-state index contributed by atoms with van der Waals surface area (Å²) in [6.45, 7) is 0.964. The monoisotopic (exact) mass is 418 g/mol. The predicted octanol–water partition coefficient (Wildman–Crippen LogP) is 4.68. The summed E-state index contributed by atoms with van der Waals surface area (Å²) in [5.74, 6) is 0.538. The van der Waals surface area contributed by atoms with Crippen molar-refractivity contribution in [2.24, 2.45) is 0 Å². The highest BCUT2D eigenvalue weighted by atomic mass is 35.5. The summed E-state index contributed by atoms with van der Waals surface area (Å²) in [4.78, 5) is 14.9. The molecule has 2 aromatic carbocycles. The number of amides is 1. The van der Waals surface area contributed by atoms with E-state index in [2.05, 4.69) is 22.3 Å². The Labute approximate surface area is 175 Å². The highest BCUT2D eigenvalue weighted by Gasteiger charge is 2.40. The summed E-state index contributed by atoms with van der Waals surface area (Å²) in [6.07, 6.45) is 4.38. The van der Waals surface area contributed by atoms with Crippen LogP contribution in [0, 0.1) is 0 Å². The van der Waals surface area contributed by atoms with Crippen molar-refractivity contribution in [3.05, 3.63) is 64.1 Å². The lowest BCUT2D eigenvalue weighted by molar-refractivity contribution is -0.124. The minimum atomic E-state index is -0.0736. The smallest absolute Gasteiger partial charge is 0.258 e. The average Bonchev–Trinajstić information content (AvgIpc) is 2.90. The third kappa shape index (κ3) is 4.80. The first-order valence-electron chi connectivity index (χ1n) is 9.75. The fourth-order valence-electron chi connectivity index (χ4n) is 4.43. The van der Waals surface area contributed by atoms with Gasteiger partial charge in [0, 0.05) is 34.7 Å². The largest absolute Gasteiger partial charge is 0.484 e. The molecule has 2 aromatic rings. The Bertz CT molecular complexity index is 814. The van der Waals surface area contributed by atoms with E-state index in [9.17, 15) is 4.79 Å². The highest BCUT2D eigenvalue weighted by Crippen LogP contribution is 2.37. The van der Waals surface area contributed by atoms with E-state index in [0.717, 1.165) is 24.4 Å². The third-order valence-corrected chi connectivity index (χ3v) is 6.18. The summed E-state index contributed by atoms with van der Waals surface area (Å²) < 4.78 is 5.55. The van der Waals surface area contributed by atoms with Crippen LogP contribution in [0.5, 0.6) is 5.75 Å². The van der Waals surface area contributed by atoms with E-state index in [1.807, 2.05) is 18.2 Å². The number of benzene rings is 2. The van der Waals surface area contributed by atoms with Crippen LogP contribution in [0.25, 0.3) is 0 Å². The van der Waals surface area contributed by atoms with Gasteiger partial charge >= 0.3 is 0 Å². The standard InChI is InChI=1S/C22H24Cl2N2O2/c23-16-6-4-15(5-7-16)13-26-19-8-9-20(26)12-18(11-19)25-22(27)14-28-21-3-1-2-17(24)10-21/h1-7,10,18-20H,8-9,11-14H2,(H,25,27)/t18-,19+,20-. The van der Waals surface area contributed by atoms with Crippen LogP contribution >= 0.6 is 23.2 Å². The summed E-state index contributed by atoms with van der Waals surface area (Å²) >= 11 is 11.9. The van der Waals surface area contributed by atoms with Crippen molar-refractivity contribution in [3.63, 3.8) is 0 Å². The molecule has 4 nitrogen and oxygen atoms in total. The molecule has 0 aliphatic carbocycles. The maximum absolute atomic E-state index is 12.3. The van der Waals surface area contributed by atoms with Crippen molar-refractivity contribution >= 4 is 29.1 Å². The molecular formula is C22H24Cl2N2O2. The zero-order valence-corrected chi connectivity index (χ0v) is 17.1. The maximum Gasteiger partial charge on any atom is 0.258 e. The molecule has 0 radical (unpaired) electrons. The van der Waals surface area contributed by atoms with Crippen molar-refractivity contribution in [1.82, 2.24) is 10.2 Å². The molecule has 4 rings (SSSR count). The van der Waals surface area contributed by atoms with Gasteiger partial charge < -0.3 is 10.1 Å². The lowest BCUT2D eigenvalue weighted by Crippen LogP contribution is -2.50. The SMILES string of the molecule is O=C(COc1cccc(Cl)c1)N[C@H]1C[C@H]2CC[C@@H](C1)N2Cc1ccc(Cl)cc1. The zero-order valence-electron chi connectivity index (χ0n) is 15.6. The van der Waals surface area contributed by atoms with E-state index in [1.54, 1.807) is 18.2 Å². The zero-order chi connectivity index (χ0) is 19.5. The molecule has 2 saturated heterocycles. The molecule has 1 N–H and O–H groups in total. The van der Waals surface area contributed by atoms with E-state index in [1.165, 1.54) is 18.4 Å². The van der Waals surface area contributed by atoms with E-state index in [-0.39, 0.29) is 18.6 Å². The lowest BCUT2D eigenvalue weighted by Gasteiger charge is -2.39. The van der Waals surface area contributed by atoms with Crippen LogP contribution in [-0.2, 0) is 11.3 Å². The van der Waals surface area contributed by atoms with Gasteiger partial charge in [-0.1, -0.05) is 41.4 Å². The van der Waals surface area contributed by atoms with Crippen molar-refractivity contribution in [2.75, 3.05) is 6.61 Å². The van der Waals surface area contributed by atoms with Gasteiger partial charge in [-0.05, 0) is 61.6 Å². The fourth-order valence-corrected chi connectivity index (χ4v) is 4.73. The van der Waals surface area contributed by atoms with Gasteiger partial charge in [-0.25, -0.2) is 0 Å². The van der Waals surface area contributed by atoms with E-state index in [4.69, 9.17) is 27.9 Å². The Hall–Kier alpha value is -1.75. The molecule has 0 spiro atoms. The van der Waals surface area contributed by atoms with Crippen molar-refractivity contribution in [3.8, 4) is 5.75 Å². The van der Waals surface area contributed by atoms with Crippen LogP contribution in [0.3, 0.4) is 0 Å². The number of carbonyl (C=O) groups excluding carboxylic acids is 1. The van der Waals surface area contributed by atoms with Gasteiger partial charge in [-0.2, -0.15) is 0 Å². The van der Waals surface area contributed by atoms with Crippen molar-refractivity contribution in [1.29, 1.82) is 0 Å². The van der Waals surface area contributed by atoms with Crippen LogP contribution in [0.4, 0.5) is 0 Å². The molecule has 2 aliphatic heterocycles. The number of ether oxygens (including phenoxy) is 1. The van der Waals surface area contributed by atoms with E-state index in [0.29, 0.717) is 22.9 Å². The number of piperidine rings is 1. The van der Waals surface area contributed by atoms with Gasteiger partial charge in [-0.15, -0.1) is 0 Å². The second-order valence-electron chi connectivity index (χ2n) is 7.67. The lowest BCUT2D eigenvalue weighted by atomic mass is 9.96. The number of halogens is 2. The molecule has 1 amide bonds. The first kappa shape index (κ1) is 19.6. The number of fused-ring (bicyclic) bond motifs is 2. The van der Waals surface area contributed by atoms with Gasteiger partial charge in [0.25, 0.3) is 5.91 Å². The minimum absolute atomic E-state index is 0.0145. The first-order valence-corrected chi connectivity index (χ1v) is 10.5. The summed E-state index contributed by atoms with van der Waals surface area (Å²) in [7, 11) is 0. The minimum Gasteiger partial charge on any atom is -0.484 e. The van der Waals surface area contributed by atoms with E-state index >= 15 is 0 Å². The Balaban J connectivity index is 1.28. The molecule has 0 unspecified atom stereocenters. The molecule has 2 aliphatic rings. The molecular weight excluding hydrogens is 395 g/mol. The molecule has 148 valence electrons. The van der Waals surface area contributed by atoms with Crippen molar-refractivity contribution < 1.29 is 9.53 Å². The molecule has 3 atom stereocenters. The quantitative estimate of drug-likeness (QED) is 0.739. The normalized spacial score (nSPS) is 24.1. The Morgan fingerprint density at radius 3 is 2.43 bits per heavy atom. The Morgan fingerprint density at radius 2 is 1.75 bits per heavy atom. The number of carbonyl (C=O) groups is 1. The predicted molar refractivity (Wildman–Crippen MR) is 112 cm³/mol. The molecule has 28 heavy (non-hydrogen) atoms. The maximum atomic E-state index is 12.3. The van der Waals surface area contributed by atoms with Crippen LogP contribution in [0.1, 0.15) is 31.2 Å². The molecule has 0 saturated carbocycles. The molecule has 0 aromatic heterocycles. The molecule has 2 fully saturated rings. The van der Waals surface area contributed by atoms with Gasteiger partial charge in [-0.3, -0.25) is 9.69 Å². The van der Waals surface area contributed by atoms with Crippen LogP contribution in [0.15, 0.2) is 48.5 Å². The molecule has 2 bridgehead atoms.